The molecule has 0 saturated carbocycles. The van der Waals surface area contributed by atoms with Crippen LogP contribution in [-0.2, 0) is 27.1 Å². The van der Waals surface area contributed by atoms with Crippen LogP contribution >= 0.6 is 0 Å². The van der Waals surface area contributed by atoms with Crippen LogP contribution in [0.2, 0.25) is 0 Å². The zero-order valence-corrected chi connectivity index (χ0v) is 19.3. The van der Waals surface area contributed by atoms with E-state index >= 15 is 0 Å². The van der Waals surface area contributed by atoms with Gasteiger partial charge in [0.15, 0.2) is 0 Å². The van der Waals surface area contributed by atoms with Gasteiger partial charge in [0.2, 0.25) is 0 Å². The molecule has 172 valence electrons. The van der Waals surface area contributed by atoms with Crippen molar-refractivity contribution >= 4 is 11.9 Å². The third kappa shape index (κ3) is 5.88. The van der Waals surface area contributed by atoms with Gasteiger partial charge in [0.05, 0.1) is 26.9 Å². The summed E-state index contributed by atoms with van der Waals surface area (Å²) < 4.78 is 15.2. The van der Waals surface area contributed by atoms with E-state index in [-0.39, 0.29) is 11.9 Å². The summed E-state index contributed by atoms with van der Waals surface area (Å²) in [6.45, 7) is 1.79. The largest absolute Gasteiger partial charge is 0.496 e. The number of carbonyl (C=O) groups is 2. The fraction of sp³-hybridized carbons (Fsp3) is 0.462. The van der Waals surface area contributed by atoms with E-state index < -0.39 is 0 Å². The molecule has 0 radical (unpaired) electrons. The Balaban J connectivity index is 1.74. The molecule has 1 aliphatic carbocycles. The fourth-order valence-electron chi connectivity index (χ4n) is 4.50. The minimum atomic E-state index is -0.299. The van der Waals surface area contributed by atoms with Gasteiger partial charge in [0, 0.05) is 19.0 Å². The van der Waals surface area contributed by atoms with Crippen molar-refractivity contribution in [2.45, 2.75) is 44.6 Å². The number of nitrogens with zero attached hydrogens (tertiary/aromatic N) is 1. The zero-order chi connectivity index (χ0) is 22.9. The van der Waals surface area contributed by atoms with Gasteiger partial charge in [-0.25, -0.2) is 4.79 Å². The quantitative estimate of drug-likeness (QED) is 0.383. The second-order valence-corrected chi connectivity index (χ2v) is 8.09. The van der Waals surface area contributed by atoms with Crippen LogP contribution in [0.1, 0.15) is 58.8 Å². The molecule has 6 nitrogen and oxygen atoms in total. The average molecular weight is 440 g/mol. The molecular weight excluding hydrogens is 406 g/mol. The molecule has 2 aromatic rings. The number of aryl methyl sites for hydroxylation is 1. The lowest BCUT2D eigenvalue weighted by atomic mass is 10.0. The van der Waals surface area contributed by atoms with Gasteiger partial charge in [-0.1, -0.05) is 24.3 Å². The van der Waals surface area contributed by atoms with E-state index in [0.717, 1.165) is 50.9 Å². The molecule has 0 amide bonds. The van der Waals surface area contributed by atoms with E-state index in [4.69, 9.17) is 14.2 Å². The molecule has 1 atom stereocenters. The van der Waals surface area contributed by atoms with E-state index in [0.29, 0.717) is 18.0 Å². The number of para-hydroxylation sites is 1. The second-order valence-electron chi connectivity index (χ2n) is 8.09. The Kier molecular flexibility index (Phi) is 8.68. The van der Waals surface area contributed by atoms with Crippen molar-refractivity contribution < 1.29 is 23.8 Å². The molecule has 0 fully saturated rings. The fourth-order valence-corrected chi connectivity index (χ4v) is 4.50. The topological polar surface area (TPSA) is 65.1 Å². The number of ether oxygens (including phenoxy) is 3. The lowest BCUT2D eigenvalue weighted by Gasteiger charge is -2.30. The molecule has 0 saturated heterocycles. The Morgan fingerprint density at radius 3 is 2.56 bits per heavy atom. The van der Waals surface area contributed by atoms with E-state index in [1.54, 1.807) is 7.11 Å². The maximum absolute atomic E-state index is 11.9. The molecule has 3 rings (SSSR count). The summed E-state index contributed by atoms with van der Waals surface area (Å²) in [6, 6.07) is 14.3. The molecule has 0 aliphatic heterocycles. The summed E-state index contributed by atoms with van der Waals surface area (Å²) in [5, 5.41) is 0. The minimum Gasteiger partial charge on any atom is -0.496 e. The van der Waals surface area contributed by atoms with Crippen LogP contribution in [-0.4, -0.2) is 51.3 Å². The highest BCUT2D eigenvalue weighted by Gasteiger charge is 2.28. The molecule has 1 aliphatic rings. The Morgan fingerprint density at radius 1 is 1.00 bits per heavy atom. The minimum absolute atomic E-state index is 0.160. The maximum Gasteiger partial charge on any atom is 0.337 e. The van der Waals surface area contributed by atoms with Crippen LogP contribution in [0.15, 0.2) is 42.5 Å². The van der Waals surface area contributed by atoms with Crippen molar-refractivity contribution in [3.8, 4) is 5.75 Å². The number of hydrogen-bond donors (Lipinski definition) is 0. The van der Waals surface area contributed by atoms with Crippen molar-refractivity contribution in [2.75, 3.05) is 34.4 Å². The normalized spacial score (nSPS) is 14.8. The van der Waals surface area contributed by atoms with E-state index in [1.807, 2.05) is 30.3 Å². The zero-order valence-electron chi connectivity index (χ0n) is 19.3. The predicted molar refractivity (Wildman–Crippen MR) is 123 cm³/mol. The lowest BCUT2D eigenvalue weighted by Crippen LogP contribution is -2.31. The molecule has 0 spiro atoms. The Bertz CT molecular complexity index is 926. The Hall–Kier alpha value is -2.86. The Labute approximate surface area is 190 Å². The van der Waals surface area contributed by atoms with Crippen LogP contribution in [0, 0.1) is 0 Å². The van der Waals surface area contributed by atoms with Crippen molar-refractivity contribution in [1.82, 2.24) is 4.90 Å². The first kappa shape index (κ1) is 23.8. The number of carbonyl (C=O) groups excluding carboxylic acids is 2. The smallest absolute Gasteiger partial charge is 0.337 e. The van der Waals surface area contributed by atoms with E-state index in [9.17, 15) is 9.59 Å². The first-order valence-electron chi connectivity index (χ1n) is 11.2. The number of rotatable bonds is 11. The number of methoxy groups -OCH3 is 3. The molecule has 0 heterocycles. The number of benzene rings is 2. The first-order valence-corrected chi connectivity index (χ1v) is 11.2. The molecule has 2 aromatic carbocycles. The van der Waals surface area contributed by atoms with Gasteiger partial charge in [-0.15, -0.1) is 0 Å². The van der Waals surface area contributed by atoms with Crippen molar-refractivity contribution in [2.24, 2.45) is 0 Å². The summed E-state index contributed by atoms with van der Waals surface area (Å²) in [5.74, 6) is 0.451. The summed E-state index contributed by atoms with van der Waals surface area (Å²) in [4.78, 5) is 25.9. The molecular formula is C26H33NO5. The van der Waals surface area contributed by atoms with Crippen LogP contribution in [0.25, 0.3) is 0 Å². The number of fused-ring (bicyclic) bond motifs is 1. The molecule has 32 heavy (non-hydrogen) atoms. The molecule has 1 unspecified atom stereocenters. The van der Waals surface area contributed by atoms with Crippen LogP contribution in [0.3, 0.4) is 0 Å². The molecule has 0 bridgehead atoms. The summed E-state index contributed by atoms with van der Waals surface area (Å²) >= 11 is 0. The van der Waals surface area contributed by atoms with Gasteiger partial charge in [-0.05, 0) is 73.5 Å². The average Bonchev–Trinajstić information content (AvgIpc) is 3.26. The SMILES string of the molecule is COC(=O)CCCCN(CCc1ccccc1OC)C1CCc2cc(C(=O)OC)ccc21. The highest BCUT2D eigenvalue weighted by atomic mass is 16.5. The molecule has 0 N–H and O–H groups in total. The van der Waals surface area contributed by atoms with E-state index in [2.05, 4.69) is 17.0 Å². The summed E-state index contributed by atoms with van der Waals surface area (Å²) in [5.41, 5.74) is 4.29. The third-order valence-electron chi connectivity index (χ3n) is 6.22. The summed E-state index contributed by atoms with van der Waals surface area (Å²) in [6.07, 6.45) is 5.01. The number of esters is 2. The van der Waals surface area contributed by atoms with Crippen molar-refractivity contribution in [3.05, 3.63) is 64.7 Å². The lowest BCUT2D eigenvalue weighted by molar-refractivity contribution is -0.140. The van der Waals surface area contributed by atoms with Crippen molar-refractivity contribution in [1.29, 1.82) is 0 Å². The molecule has 0 aromatic heterocycles. The first-order chi connectivity index (χ1) is 15.6. The van der Waals surface area contributed by atoms with Crippen LogP contribution < -0.4 is 4.74 Å². The number of hydrogen-bond acceptors (Lipinski definition) is 6. The monoisotopic (exact) mass is 439 g/mol. The highest BCUT2D eigenvalue weighted by molar-refractivity contribution is 5.89. The molecule has 6 heteroatoms. The second kappa shape index (κ2) is 11.7. The van der Waals surface area contributed by atoms with Crippen LogP contribution in [0.4, 0.5) is 0 Å². The van der Waals surface area contributed by atoms with Gasteiger partial charge >= 0.3 is 11.9 Å². The van der Waals surface area contributed by atoms with Gasteiger partial charge in [0.25, 0.3) is 0 Å². The van der Waals surface area contributed by atoms with Gasteiger partial charge < -0.3 is 14.2 Å². The third-order valence-corrected chi connectivity index (χ3v) is 6.22. The standard InChI is InChI=1S/C26H33NO5/c1-30-24-9-5-4-8-19(24)15-17-27(16-7-6-10-25(28)31-2)23-14-12-20-18-21(26(29)32-3)11-13-22(20)23/h4-5,8-9,11,13,18,23H,6-7,10,12,14-17H2,1-3H3. The Morgan fingerprint density at radius 2 is 1.81 bits per heavy atom. The van der Waals surface area contributed by atoms with Gasteiger partial charge in [0.1, 0.15) is 5.75 Å². The number of unbranched alkanes of at least 4 members (excludes halogenated alkanes) is 1. The maximum atomic E-state index is 11.9. The van der Waals surface area contributed by atoms with Crippen molar-refractivity contribution in [3.63, 3.8) is 0 Å². The van der Waals surface area contributed by atoms with Gasteiger partial charge in [-0.2, -0.15) is 0 Å². The highest BCUT2D eigenvalue weighted by Crippen LogP contribution is 2.37. The summed E-state index contributed by atoms with van der Waals surface area (Å²) in [7, 11) is 4.54. The van der Waals surface area contributed by atoms with Gasteiger partial charge in [-0.3, -0.25) is 9.69 Å². The predicted octanol–water partition coefficient (Wildman–Crippen LogP) is 4.36. The van der Waals surface area contributed by atoms with E-state index in [1.165, 1.54) is 30.9 Å². The van der Waals surface area contributed by atoms with Crippen LogP contribution in [0.5, 0.6) is 5.75 Å².